The average Bonchev–Trinajstić information content (AvgIpc) is 2.48. The summed E-state index contributed by atoms with van der Waals surface area (Å²) in [4.78, 5) is 9.25. The molecule has 2 rings (SSSR count). The molecule has 21 heavy (non-hydrogen) atoms. The van der Waals surface area contributed by atoms with Crippen LogP contribution in [0.5, 0.6) is 0 Å². The minimum absolute atomic E-state index is 0.171. The minimum atomic E-state index is -0.171. The molecule has 0 atom stereocenters. The Labute approximate surface area is 127 Å². The summed E-state index contributed by atoms with van der Waals surface area (Å²) in [5, 5.41) is 7.59. The van der Waals surface area contributed by atoms with Gasteiger partial charge in [0.25, 0.3) is 0 Å². The van der Waals surface area contributed by atoms with Crippen molar-refractivity contribution in [2.75, 3.05) is 37.6 Å². The first-order valence-corrected chi connectivity index (χ1v) is 7.72. The number of pyridine rings is 1. The number of aromatic nitrogens is 1. The molecule has 1 aromatic rings. The molecule has 0 aliphatic carbocycles. The second kappa shape index (κ2) is 6.89. The van der Waals surface area contributed by atoms with E-state index in [9.17, 15) is 0 Å². The predicted octanol–water partition coefficient (Wildman–Crippen LogP) is 1.95. The van der Waals surface area contributed by atoms with E-state index in [1.54, 1.807) is 0 Å². The molecule has 0 radical (unpaired) electrons. The van der Waals surface area contributed by atoms with Gasteiger partial charge in [0, 0.05) is 37.8 Å². The Hall–Kier alpha value is -1.62. The molecule has 5 nitrogen and oxygen atoms in total. The van der Waals surface area contributed by atoms with Gasteiger partial charge < -0.3 is 10.6 Å². The largest absolute Gasteiger partial charge is 0.387 e. The zero-order valence-electron chi connectivity index (χ0n) is 13.2. The highest BCUT2D eigenvalue weighted by molar-refractivity contribution is 5.82. The minimum Gasteiger partial charge on any atom is -0.387 e. The second-order valence-electron chi connectivity index (χ2n) is 6.42. The van der Waals surface area contributed by atoms with Crippen LogP contribution in [0.25, 0.3) is 0 Å². The van der Waals surface area contributed by atoms with Crippen molar-refractivity contribution in [1.29, 1.82) is 5.41 Å². The highest BCUT2D eigenvalue weighted by Crippen LogP contribution is 2.22. The third-order valence-corrected chi connectivity index (χ3v) is 4.35. The van der Waals surface area contributed by atoms with Crippen LogP contribution in [0.15, 0.2) is 24.4 Å². The lowest BCUT2D eigenvalue weighted by molar-refractivity contribution is 0.243. The molecule has 0 saturated carbocycles. The van der Waals surface area contributed by atoms with Crippen molar-refractivity contribution < 1.29 is 0 Å². The van der Waals surface area contributed by atoms with Gasteiger partial charge in [-0.15, -0.1) is 0 Å². The number of hydrogen-bond acceptors (Lipinski definition) is 4. The number of hydrogen-bond donors (Lipinski definition) is 2. The Morgan fingerprint density at radius 2 is 2.00 bits per heavy atom. The lowest BCUT2D eigenvalue weighted by atomic mass is 9.86. The Kier molecular flexibility index (Phi) is 5.17. The number of rotatable bonds is 6. The number of nitrogens with two attached hydrogens (primary N) is 1. The molecule has 0 unspecified atom stereocenters. The van der Waals surface area contributed by atoms with Gasteiger partial charge in [0.2, 0.25) is 0 Å². The topological polar surface area (TPSA) is 69.2 Å². The van der Waals surface area contributed by atoms with E-state index in [2.05, 4.69) is 20.9 Å². The normalized spacial score (nSPS) is 17.0. The molecular weight excluding hydrogens is 262 g/mol. The smallest absolute Gasteiger partial charge is 0.128 e. The maximum Gasteiger partial charge on any atom is 0.128 e. The van der Waals surface area contributed by atoms with Crippen molar-refractivity contribution in [3.63, 3.8) is 0 Å². The van der Waals surface area contributed by atoms with Crippen LogP contribution < -0.4 is 10.6 Å². The Morgan fingerprint density at radius 1 is 1.29 bits per heavy atom. The maximum absolute atomic E-state index is 7.59. The van der Waals surface area contributed by atoms with E-state index in [1.807, 2.05) is 32.2 Å². The van der Waals surface area contributed by atoms with Crippen LogP contribution in [-0.4, -0.2) is 48.4 Å². The summed E-state index contributed by atoms with van der Waals surface area (Å²) in [6, 6.07) is 6.07. The molecule has 1 aliphatic rings. The van der Waals surface area contributed by atoms with Crippen molar-refractivity contribution in [2.45, 2.75) is 26.7 Å². The molecule has 2 heterocycles. The summed E-state index contributed by atoms with van der Waals surface area (Å²) in [5.41, 5.74) is 5.46. The Balaban J connectivity index is 1.71. The lowest BCUT2D eigenvalue weighted by Crippen LogP contribution is -2.47. The van der Waals surface area contributed by atoms with E-state index in [0.29, 0.717) is 5.84 Å². The number of nitrogens with one attached hydrogen (secondary N) is 1. The standard InChI is InChI=1S/C16H27N5/c1-16(2,15(17)18)7-5-9-20-10-12-21(13-11-20)14-6-3-4-8-19-14/h3-4,6,8H,5,7,9-13H2,1-2H3,(H3,17,18). The quantitative estimate of drug-likeness (QED) is 0.620. The highest BCUT2D eigenvalue weighted by Gasteiger charge is 2.22. The van der Waals surface area contributed by atoms with Crippen LogP contribution in [0.2, 0.25) is 0 Å². The van der Waals surface area contributed by atoms with Crippen LogP contribution in [0.1, 0.15) is 26.7 Å². The van der Waals surface area contributed by atoms with Gasteiger partial charge in [0.05, 0.1) is 5.84 Å². The van der Waals surface area contributed by atoms with Crippen LogP contribution in [0.4, 0.5) is 5.82 Å². The molecule has 0 amide bonds. The average molecular weight is 289 g/mol. The first kappa shape index (κ1) is 15.8. The number of anilines is 1. The Morgan fingerprint density at radius 3 is 2.57 bits per heavy atom. The third kappa shape index (κ3) is 4.43. The van der Waals surface area contributed by atoms with Gasteiger partial charge in [-0.2, -0.15) is 0 Å². The molecule has 0 aromatic carbocycles. The van der Waals surface area contributed by atoms with E-state index in [4.69, 9.17) is 11.1 Å². The summed E-state index contributed by atoms with van der Waals surface area (Å²) in [6.07, 6.45) is 3.92. The summed E-state index contributed by atoms with van der Waals surface area (Å²) in [6.45, 7) is 9.42. The van der Waals surface area contributed by atoms with Crippen molar-refractivity contribution in [3.8, 4) is 0 Å². The number of amidine groups is 1. The van der Waals surface area contributed by atoms with Crippen LogP contribution in [0, 0.1) is 10.8 Å². The van der Waals surface area contributed by atoms with Gasteiger partial charge in [0.1, 0.15) is 5.82 Å². The van der Waals surface area contributed by atoms with Crippen LogP contribution in [-0.2, 0) is 0 Å². The van der Waals surface area contributed by atoms with Crippen molar-refractivity contribution in [3.05, 3.63) is 24.4 Å². The van der Waals surface area contributed by atoms with E-state index in [0.717, 1.165) is 51.4 Å². The summed E-state index contributed by atoms with van der Waals surface area (Å²) in [5.74, 6) is 1.37. The van der Waals surface area contributed by atoms with Crippen LogP contribution >= 0.6 is 0 Å². The van der Waals surface area contributed by atoms with Gasteiger partial charge in [-0.3, -0.25) is 10.3 Å². The van der Waals surface area contributed by atoms with E-state index >= 15 is 0 Å². The van der Waals surface area contributed by atoms with Crippen LogP contribution in [0.3, 0.4) is 0 Å². The first-order valence-electron chi connectivity index (χ1n) is 7.72. The van der Waals surface area contributed by atoms with Gasteiger partial charge in [-0.25, -0.2) is 4.98 Å². The molecule has 0 bridgehead atoms. The first-order chi connectivity index (χ1) is 9.99. The second-order valence-corrected chi connectivity index (χ2v) is 6.42. The fourth-order valence-corrected chi connectivity index (χ4v) is 2.62. The zero-order chi connectivity index (χ0) is 15.3. The van der Waals surface area contributed by atoms with E-state index < -0.39 is 0 Å². The summed E-state index contributed by atoms with van der Waals surface area (Å²) < 4.78 is 0. The van der Waals surface area contributed by atoms with E-state index in [-0.39, 0.29) is 5.41 Å². The molecule has 1 saturated heterocycles. The summed E-state index contributed by atoms with van der Waals surface area (Å²) in [7, 11) is 0. The van der Waals surface area contributed by atoms with Gasteiger partial charge in [-0.1, -0.05) is 19.9 Å². The highest BCUT2D eigenvalue weighted by atomic mass is 15.3. The predicted molar refractivity (Wildman–Crippen MR) is 87.8 cm³/mol. The third-order valence-electron chi connectivity index (χ3n) is 4.35. The molecule has 1 fully saturated rings. The molecule has 5 heteroatoms. The van der Waals surface area contributed by atoms with E-state index in [1.165, 1.54) is 0 Å². The van der Waals surface area contributed by atoms with Crippen molar-refractivity contribution in [1.82, 2.24) is 9.88 Å². The molecule has 1 aromatic heterocycles. The fraction of sp³-hybridized carbons (Fsp3) is 0.625. The zero-order valence-corrected chi connectivity index (χ0v) is 13.2. The number of piperazine rings is 1. The van der Waals surface area contributed by atoms with Gasteiger partial charge in [0.15, 0.2) is 0 Å². The van der Waals surface area contributed by atoms with Crippen molar-refractivity contribution >= 4 is 11.7 Å². The lowest BCUT2D eigenvalue weighted by Gasteiger charge is -2.35. The van der Waals surface area contributed by atoms with Crippen molar-refractivity contribution in [2.24, 2.45) is 11.1 Å². The summed E-state index contributed by atoms with van der Waals surface area (Å²) >= 11 is 0. The number of nitrogens with zero attached hydrogens (tertiary/aromatic N) is 3. The molecule has 3 N–H and O–H groups in total. The van der Waals surface area contributed by atoms with Gasteiger partial charge in [-0.05, 0) is 31.5 Å². The molecule has 1 aliphatic heterocycles. The Bertz CT molecular complexity index is 449. The molecule has 0 spiro atoms. The SMILES string of the molecule is CC(C)(CCCN1CCN(c2ccccn2)CC1)C(=N)N. The molecule has 116 valence electrons. The van der Waals surface area contributed by atoms with Gasteiger partial charge >= 0.3 is 0 Å². The monoisotopic (exact) mass is 289 g/mol. The maximum atomic E-state index is 7.59. The molecular formula is C16H27N5. The fourth-order valence-electron chi connectivity index (χ4n) is 2.62.